The number of hydroxylamine groups is 2. The zero-order chi connectivity index (χ0) is 18.2. The van der Waals surface area contributed by atoms with Gasteiger partial charge in [0.1, 0.15) is 6.61 Å². The third-order valence-corrected chi connectivity index (χ3v) is 2.74. The Morgan fingerprint density at radius 3 is 2.71 bits per heavy atom. The summed E-state index contributed by atoms with van der Waals surface area (Å²) in [4.78, 5) is 46.3. The average Bonchev–Trinajstić information content (AvgIpc) is 2.92. The smallest absolute Gasteiger partial charge is 0.362 e. The third kappa shape index (κ3) is 6.66. The molecule has 0 saturated carbocycles. The zero-order valence-corrected chi connectivity index (χ0v) is 14.1. The largest absolute Gasteiger partial charge is 0.476 e. The van der Waals surface area contributed by atoms with Gasteiger partial charge in [0.2, 0.25) is 29.5 Å². The number of hydrogen-bond acceptors (Lipinski definition) is 9. The number of carbonyl (C=O) groups is 3. The van der Waals surface area contributed by atoms with E-state index in [0.29, 0.717) is 12.8 Å². The standard InChI is InChI=1S/C12H17N5O6S/c1-12(2,3)23-17(7-19)4-5-22-15-8(10(20)21)9-14-11(13-6-18)24-16-9/h6-7H,4-5H2,1-3H3,(H,20,21)(H,13,14,16,18). The van der Waals surface area contributed by atoms with E-state index in [1.165, 1.54) is 0 Å². The number of hydrogen-bond donors (Lipinski definition) is 2. The Bertz CT molecular complexity index is 611. The van der Waals surface area contributed by atoms with Crippen molar-refractivity contribution in [3.63, 3.8) is 0 Å². The molecule has 0 saturated heterocycles. The van der Waals surface area contributed by atoms with E-state index in [1.807, 2.05) is 0 Å². The Morgan fingerprint density at radius 2 is 2.17 bits per heavy atom. The highest BCUT2D eigenvalue weighted by Gasteiger charge is 2.20. The summed E-state index contributed by atoms with van der Waals surface area (Å²) in [5, 5.41) is 15.9. The lowest BCUT2D eigenvalue weighted by atomic mass is 10.2. The first-order valence-electron chi connectivity index (χ1n) is 6.65. The van der Waals surface area contributed by atoms with Crippen LogP contribution in [0.2, 0.25) is 0 Å². The summed E-state index contributed by atoms with van der Waals surface area (Å²) < 4.78 is 3.76. The minimum atomic E-state index is -1.40. The second kappa shape index (κ2) is 8.88. The van der Waals surface area contributed by atoms with Crippen molar-refractivity contribution in [1.82, 2.24) is 14.4 Å². The molecule has 0 aliphatic heterocycles. The Balaban J connectivity index is 2.64. The quantitative estimate of drug-likeness (QED) is 0.259. The molecule has 0 bridgehead atoms. The van der Waals surface area contributed by atoms with Gasteiger partial charge in [-0.25, -0.2) is 9.86 Å². The second-order valence-electron chi connectivity index (χ2n) is 5.21. The molecule has 0 aliphatic rings. The highest BCUT2D eigenvalue weighted by Crippen LogP contribution is 2.11. The summed E-state index contributed by atoms with van der Waals surface area (Å²) in [5.41, 5.74) is -1.09. The lowest BCUT2D eigenvalue weighted by Gasteiger charge is -2.26. The molecule has 1 aromatic heterocycles. The van der Waals surface area contributed by atoms with Crippen LogP contribution in [0.5, 0.6) is 0 Å². The number of nitrogens with one attached hydrogen (secondary N) is 1. The van der Waals surface area contributed by atoms with Crippen LogP contribution in [0.4, 0.5) is 5.13 Å². The van der Waals surface area contributed by atoms with Crippen LogP contribution in [-0.2, 0) is 24.1 Å². The first kappa shape index (κ1) is 19.4. The number of aromatic nitrogens is 2. The van der Waals surface area contributed by atoms with E-state index in [1.54, 1.807) is 20.8 Å². The SMILES string of the molecule is CC(C)(C)ON(C=O)CCON=C(C(=O)O)c1nsc(NC=O)n1. The topological polar surface area (TPSA) is 143 Å². The van der Waals surface area contributed by atoms with Gasteiger partial charge >= 0.3 is 5.97 Å². The van der Waals surface area contributed by atoms with Crippen LogP contribution < -0.4 is 5.32 Å². The van der Waals surface area contributed by atoms with Crippen molar-refractivity contribution in [2.45, 2.75) is 26.4 Å². The van der Waals surface area contributed by atoms with Gasteiger partial charge in [0.15, 0.2) is 0 Å². The number of rotatable bonds is 10. The van der Waals surface area contributed by atoms with Gasteiger partial charge < -0.3 is 15.3 Å². The van der Waals surface area contributed by atoms with Crippen molar-refractivity contribution in [2.24, 2.45) is 5.16 Å². The van der Waals surface area contributed by atoms with E-state index in [-0.39, 0.29) is 24.1 Å². The molecule has 1 heterocycles. The van der Waals surface area contributed by atoms with Gasteiger partial charge in [0.25, 0.3) is 0 Å². The van der Waals surface area contributed by atoms with Crippen molar-refractivity contribution in [3.8, 4) is 0 Å². The normalized spacial score (nSPS) is 11.7. The van der Waals surface area contributed by atoms with Gasteiger partial charge in [-0.15, -0.1) is 0 Å². The summed E-state index contributed by atoms with van der Waals surface area (Å²) in [6.45, 7) is 5.24. The zero-order valence-electron chi connectivity index (χ0n) is 13.3. The summed E-state index contributed by atoms with van der Waals surface area (Å²) >= 11 is 0.796. The minimum absolute atomic E-state index is 0.0413. The van der Waals surface area contributed by atoms with Crippen LogP contribution in [-0.4, -0.2) is 62.8 Å². The van der Waals surface area contributed by atoms with Gasteiger partial charge in [-0.3, -0.25) is 14.4 Å². The summed E-state index contributed by atoms with van der Waals surface area (Å²) in [5.74, 6) is -1.60. The van der Waals surface area contributed by atoms with Crippen molar-refractivity contribution < 1.29 is 29.2 Å². The minimum Gasteiger partial charge on any atom is -0.476 e. The molecular weight excluding hydrogens is 342 g/mol. The third-order valence-electron chi connectivity index (χ3n) is 2.09. The fourth-order valence-corrected chi connectivity index (χ4v) is 1.85. The van der Waals surface area contributed by atoms with E-state index >= 15 is 0 Å². The van der Waals surface area contributed by atoms with Gasteiger partial charge in [0, 0.05) is 11.5 Å². The number of carboxylic acid groups (broad SMARTS) is 1. The Hall–Kier alpha value is -2.60. The Morgan fingerprint density at radius 1 is 1.46 bits per heavy atom. The van der Waals surface area contributed by atoms with Gasteiger partial charge in [-0.2, -0.15) is 9.36 Å². The first-order valence-corrected chi connectivity index (χ1v) is 7.42. The number of anilines is 1. The molecule has 0 radical (unpaired) electrons. The highest BCUT2D eigenvalue weighted by molar-refractivity contribution is 7.10. The van der Waals surface area contributed by atoms with Gasteiger partial charge in [-0.1, -0.05) is 5.16 Å². The maximum absolute atomic E-state index is 11.2. The molecule has 1 rings (SSSR count). The fraction of sp³-hybridized carbons (Fsp3) is 0.500. The molecule has 0 unspecified atom stereocenters. The first-order chi connectivity index (χ1) is 11.3. The fourth-order valence-electron chi connectivity index (χ4n) is 1.32. The number of oxime groups is 1. The molecule has 12 heteroatoms. The van der Waals surface area contributed by atoms with Crippen LogP contribution in [0.1, 0.15) is 26.6 Å². The van der Waals surface area contributed by atoms with Gasteiger partial charge in [0.05, 0.1) is 12.1 Å². The van der Waals surface area contributed by atoms with Crippen LogP contribution in [0, 0.1) is 0 Å². The molecule has 0 aromatic carbocycles. The molecular formula is C12H17N5O6S. The molecule has 0 atom stereocenters. The van der Waals surface area contributed by atoms with Crippen molar-refractivity contribution in [1.29, 1.82) is 0 Å². The predicted octanol–water partition coefficient (Wildman–Crippen LogP) is 0.100. The van der Waals surface area contributed by atoms with E-state index < -0.39 is 17.3 Å². The van der Waals surface area contributed by atoms with E-state index in [0.717, 1.165) is 16.6 Å². The molecule has 0 spiro atoms. The van der Waals surface area contributed by atoms with Crippen LogP contribution in [0.3, 0.4) is 0 Å². The average molecular weight is 359 g/mol. The van der Waals surface area contributed by atoms with E-state index in [2.05, 4.69) is 19.8 Å². The predicted molar refractivity (Wildman–Crippen MR) is 83.3 cm³/mol. The maximum atomic E-state index is 11.2. The van der Waals surface area contributed by atoms with Crippen molar-refractivity contribution >= 4 is 41.2 Å². The monoisotopic (exact) mass is 359 g/mol. The summed E-state index contributed by atoms with van der Waals surface area (Å²) in [7, 11) is 0. The number of nitrogens with zero attached hydrogens (tertiary/aromatic N) is 4. The van der Waals surface area contributed by atoms with Gasteiger partial charge in [-0.05, 0) is 20.8 Å². The lowest BCUT2D eigenvalue weighted by Crippen LogP contribution is -2.35. The number of aliphatic carboxylic acids is 1. The van der Waals surface area contributed by atoms with E-state index in [9.17, 15) is 14.4 Å². The summed E-state index contributed by atoms with van der Waals surface area (Å²) in [6, 6.07) is 0. The molecule has 132 valence electrons. The molecule has 0 fully saturated rings. The number of carbonyl (C=O) groups excluding carboxylic acids is 2. The summed E-state index contributed by atoms with van der Waals surface area (Å²) in [6.07, 6.45) is 0.872. The molecule has 0 aliphatic carbocycles. The van der Waals surface area contributed by atoms with Crippen molar-refractivity contribution in [3.05, 3.63) is 5.82 Å². The molecule has 2 amide bonds. The number of amides is 2. The van der Waals surface area contributed by atoms with Crippen LogP contribution >= 0.6 is 11.5 Å². The second-order valence-corrected chi connectivity index (χ2v) is 5.97. The molecule has 24 heavy (non-hydrogen) atoms. The lowest BCUT2D eigenvalue weighted by molar-refractivity contribution is -0.219. The molecule has 2 N–H and O–H groups in total. The van der Waals surface area contributed by atoms with Crippen LogP contribution in [0.15, 0.2) is 5.16 Å². The van der Waals surface area contributed by atoms with E-state index in [4.69, 9.17) is 14.8 Å². The van der Waals surface area contributed by atoms with Crippen molar-refractivity contribution in [2.75, 3.05) is 18.5 Å². The maximum Gasteiger partial charge on any atom is 0.362 e. The Kier molecular flexibility index (Phi) is 7.20. The van der Waals surface area contributed by atoms with Crippen LogP contribution in [0.25, 0.3) is 0 Å². The number of carboxylic acids is 1. The molecule has 11 nitrogen and oxygen atoms in total. The molecule has 1 aromatic rings. The Labute approximate surface area is 141 Å². The highest BCUT2D eigenvalue weighted by atomic mass is 32.1.